The van der Waals surface area contributed by atoms with E-state index >= 15 is 0 Å². The molecule has 2 heterocycles. The molecular weight excluding hydrogens is 277 g/mol. The van der Waals surface area contributed by atoms with Crippen LogP contribution in [0.1, 0.15) is 16.8 Å². The van der Waals surface area contributed by atoms with Gasteiger partial charge in [0, 0.05) is 50.6 Å². The van der Waals surface area contributed by atoms with E-state index in [1.807, 2.05) is 0 Å². The average Bonchev–Trinajstić information content (AvgIpc) is 2.52. The lowest BCUT2D eigenvalue weighted by molar-refractivity contribution is -0.141. The molecule has 0 radical (unpaired) electrons. The van der Waals surface area contributed by atoms with Gasteiger partial charge in [0.05, 0.1) is 13.5 Å². The first-order valence-corrected chi connectivity index (χ1v) is 6.80. The molecule has 0 unspecified atom stereocenters. The summed E-state index contributed by atoms with van der Waals surface area (Å²) < 4.78 is 17.6. The Morgan fingerprint density at radius 2 is 2.05 bits per heavy atom. The SMILES string of the molecule is COC(=O)CCN1CCN(C(=O)c2ccnc(F)c2)CC1. The summed E-state index contributed by atoms with van der Waals surface area (Å²) in [5, 5.41) is 0. The summed E-state index contributed by atoms with van der Waals surface area (Å²) in [6.07, 6.45) is 1.63. The van der Waals surface area contributed by atoms with E-state index in [4.69, 9.17) is 0 Å². The van der Waals surface area contributed by atoms with Gasteiger partial charge >= 0.3 is 5.97 Å². The van der Waals surface area contributed by atoms with E-state index in [1.165, 1.54) is 19.4 Å². The molecule has 1 saturated heterocycles. The van der Waals surface area contributed by atoms with Crippen LogP contribution in [0.4, 0.5) is 4.39 Å². The number of piperazine rings is 1. The molecule has 0 aliphatic carbocycles. The van der Waals surface area contributed by atoms with Crippen molar-refractivity contribution in [3.05, 3.63) is 29.8 Å². The third-order valence-corrected chi connectivity index (χ3v) is 3.49. The number of nitrogens with zero attached hydrogens (tertiary/aromatic N) is 3. The molecule has 1 aromatic rings. The van der Waals surface area contributed by atoms with Gasteiger partial charge in [-0.05, 0) is 6.07 Å². The number of rotatable bonds is 4. The van der Waals surface area contributed by atoms with Crippen LogP contribution in [0.3, 0.4) is 0 Å². The third-order valence-electron chi connectivity index (χ3n) is 3.49. The van der Waals surface area contributed by atoms with E-state index in [-0.39, 0.29) is 11.9 Å². The van der Waals surface area contributed by atoms with Crippen LogP contribution < -0.4 is 0 Å². The van der Waals surface area contributed by atoms with Gasteiger partial charge in [-0.3, -0.25) is 14.5 Å². The number of esters is 1. The molecule has 0 saturated carbocycles. The zero-order valence-electron chi connectivity index (χ0n) is 11.9. The largest absolute Gasteiger partial charge is 0.469 e. The second-order valence-electron chi connectivity index (χ2n) is 4.83. The number of methoxy groups -OCH3 is 1. The van der Waals surface area contributed by atoms with Crippen molar-refractivity contribution in [3.63, 3.8) is 0 Å². The van der Waals surface area contributed by atoms with Gasteiger partial charge in [0.15, 0.2) is 0 Å². The van der Waals surface area contributed by atoms with Crippen molar-refractivity contribution in [1.82, 2.24) is 14.8 Å². The van der Waals surface area contributed by atoms with Crippen LogP contribution in [-0.2, 0) is 9.53 Å². The molecule has 7 heteroatoms. The topological polar surface area (TPSA) is 62.7 Å². The third kappa shape index (κ3) is 4.22. The van der Waals surface area contributed by atoms with E-state index in [9.17, 15) is 14.0 Å². The number of carbonyl (C=O) groups is 2. The molecule has 2 rings (SSSR count). The highest BCUT2D eigenvalue weighted by Crippen LogP contribution is 2.09. The standard InChI is InChI=1S/C14H18FN3O3/c1-21-13(19)3-5-17-6-8-18(9-7-17)14(20)11-2-4-16-12(15)10-11/h2,4,10H,3,5-9H2,1H3. The molecule has 0 N–H and O–H groups in total. The number of pyridine rings is 1. The normalized spacial score (nSPS) is 15.8. The minimum atomic E-state index is -0.655. The molecule has 1 aliphatic heterocycles. The fourth-order valence-electron chi connectivity index (χ4n) is 2.24. The second-order valence-corrected chi connectivity index (χ2v) is 4.83. The summed E-state index contributed by atoms with van der Waals surface area (Å²) in [5.41, 5.74) is 0.311. The molecule has 0 atom stereocenters. The van der Waals surface area contributed by atoms with Gasteiger partial charge in [-0.2, -0.15) is 4.39 Å². The quantitative estimate of drug-likeness (QED) is 0.599. The van der Waals surface area contributed by atoms with Gasteiger partial charge in [-0.15, -0.1) is 0 Å². The van der Waals surface area contributed by atoms with Crippen molar-refractivity contribution in [3.8, 4) is 0 Å². The first-order valence-electron chi connectivity index (χ1n) is 6.80. The lowest BCUT2D eigenvalue weighted by Crippen LogP contribution is -2.49. The number of ether oxygens (including phenoxy) is 1. The Kier molecular flexibility index (Phi) is 5.21. The molecule has 1 fully saturated rings. The summed E-state index contributed by atoms with van der Waals surface area (Å²) in [6.45, 7) is 3.12. The number of hydrogen-bond donors (Lipinski definition) is 0. The molecular formula is C14H18FN3O3. The van der Waals surface area contributed by atoms with E-state index in [0.29, 0.717) is 44.7 Å². The summed E-state index contributed by atoms with van der Waals surface area (Å²) in [5.74, 6) is -1.08. The van der Waals surface area contributed by atoms with Crippen LogP contribution in [0.25, 0.3) is 0 Å². The molecule has 6 nitrogen and oxygen atoms in total. The van der Waals surface area contributed by atoms with Gasteiger partial charge in [-0.25, -0.2) is 4.98 Å². The first kappa shape index (κ1) is 15.4. The van der Waals surface area contributed by atoms with E-state index in [0.717, 1.165) is 6.07 Å². The zero-order chi connectivity index (χ0) is 15.2. The zero-order valence-corrected chi connectivity index (χ0v) is 11.9. The number of aromatic nitrogens is 1. The molecule has 0 spiro atoms. The fraction of sp³-hybridized carbons (Fsp3) is 0.500. The van der Waals surface area contributed by atoms with Crippen molar-refractivity contribution in [2.45, 2.75) is 6.42 Å². The second kappa shape index (κ2) is 7.12. The average molecular weight is 295 g/mol. The van der Waals surface area contributed by atoms with Crippen LogP contribution >= 0.6 is 0 Å². The first-order chi connectivity index (χ1) is 10.1. The Morgan fingerprint density at radius 3 is 2.67 bits per heavy atom. The van der Waals surface area contributed by atoms with Crippen molar-refractivity contribution in [2.24, 2.45) is 0 Å². The molecule has 0 aromatic carbocycles. The highest BCUT2D eigenvalue weighted by atomic mass is 19.1. The van der Waals surface area contributed by atoms with Crippen molar-refractivity contribution >= 4 is 11.9 Å². The monoisotopic (exact) mass is 295 g/mol. The van der Waals surface area contributed by atoms with Crippen molar-refractivity contribution in [2.75, 3.05) is 39.8 Å². The maximum atomic E-state index is 13.0. The Balaban J connectivity index is 1.83. The number of amides is 1. The predicted molar refractivity (Wildman–Crippen MR) is 73.2 cm³/mol. The highest BCUT2D eigenvalue weighted by molar-refractivity contribution is 5.94. The molecule has 1 amide bonds. The van der Waals surface area contributed by atoms with Gasteiger partial charge < -0.3 is 9.64 Å². The van der Waals surface area contributed by atoms with Crippen LogP contribution in [0.2, 0.25) is 0 Å². The maximum absolute atomic E-state index is 13.0. The van der Waals surface area contributed by atoms with Crippen LogP contribution in [-0.4, -0.2) is 66.5 Å². The lowest BCUT2D eigenvalue weighted by atomic mass is 10.2. The number of carbonyl (C=O) groups excluding carboxylic acids is 2. The van der Waals surface area contributed by atoms with Crippen LogP contribution in [0, 0.1) is 5.95 Å². The molecule has 0 bridgehead atoms. The van der Waals surface area contributed by atoms with E-state index < -0.39 is 5.95 Å². The smallest absolute Gasteiger partial charge is 0.306 e. The summed E-state index contributed by atoms with van der Waals surface area (Å²) in [4.78, 5) is 30.5. The van der Waals surface area contributed by atoms with Gasteiger partial charge in [0.2, 0.25) is 5.95 Å². The van der Waals surface area contributed by atoms with E-state index in [2.05, 4.69) is 14.6 Å². The van der Waals surface area contributed by atoms with Crippen molar-refractivity contribution in [1.29, 1.82) is 0 Å². The Morgan fingerprint density at radius 1 is 1.33 bits per heavy atom. The summed E-state index contributed by atoms with van der Waals surface area (Å²) in [7, 11) is 1.37. The molecule has 1 aliphatic rings. The Hall–Kier alpha value is -2.02. The number of hydrogen-bond acceptors (Lipinski definition) is 5. The van der Waals surface area contributed by atoms with Crippen LogP contribution in [0.5, 0.6) is 0 Å². The van der Waals surface area contributed by atoms with Crippen LogP contribution in [0.15, 0.2) is 18.3 Å². The Bertz CT molecular complexity index is 516. The number of halogens is 1. The van der Waals surface area contributed by atoms with Gasteiger partial charge in [-0.1, -0.05) is 0 Å². The predicted octanol–water partition coefficient (Wildman–Crippen LogP) is 0.542. The van der Waals surface area contributed by atoms with Gasteiger partial charge in [0.25, 0.3) is 5.91 Å². The molecule has 114 valence electrons. The highest BCUT2D eigenvalue weighted by Gasteiger charge is 2.22. The van der Waals surface area contributed by atoms with Crippen molar-refractivity contribution < 1.29 is 18.7 Å². The maximum Gasteiger partial charge on any atom is 0.306 e. The molecule has 21 heavy (non-hydrogen) atoms. The fourth-order valence-corrected chi connectivity index (χ4v) is 2.24. The van der Waals surface area contributed by atoms with E-state index in [1.54, 1.807) is 4.90 Å². The minimum Gasteiger partial charge on any atom is -0.469 e. The minimum absolute atomic E-state index is 0.191. The summed E-state index contributed by atoms with van der Waals surface area (Å²) in [6, 6.07) is 2.65. The summed E-state index contributed by atoms with van der Waals surface area (Å²) >= 11 is 0. The van der Waals surface area contributed by atoms with Gasteiger partial charge in [0.1, 0.15) is 0 Å². The Labute approximate surface area is 122 Å². The lowest BCUT2D eigenvalue weighted by Gasteiger charge is -2.34. The molecule has 1 aromatic heterocycles.